The van der Waals surface area contributed by atoms with E-state index in [0.29, 0.717) is 72.9 Å². The number of nitrogens with zero attached hydrogens (tertiary/aromatic N) is 5. The number of Topliss-reactive ketones (excluding diaryl/α,β-unsaturated/α-hetero) is 2. The van der Waals surface area contributed by atoms with Crippen molar-refractivity contribution in [2.75, 3.05) is 67.1 Å². The molecule has 4 heterocycles. The predicted molar refractivity (Wildman–Crippen MR) is 191 cm³/mol. The number of carbonyl (C=O) groups is 5. The van der Waals surface area contributed by atoms with Crippen LogP contribution in [0.4, 0.5) is 21.5 Å². The molecule has 0 N–H and O–H groups in total. The van der Waals surface area contributed by atoms with Gasteiger partial charge in [0.2, 0.25) is 5.43 Å². The number of para-hydroxylation sites is 2. The molecule has 266 valence electrons. The summed E-state index contributed by atoms with van der Waals surface area (Å²) in [6, 6.07) is 16.7. The van der Waals surface area contributed by atoms with Crippen LogP contribution in [-0.2, 0) is 14.3 Å². The summed E-state index contributed by atoms with van der Waals surface area (Å²) < 4.78 is 23.1. The van der Waals surface area contributed by atoms with Crippen molar-refractivity contribution >= 4 is 57.3 Å². The molecule has 4 aliphatic rings. The molecular weight excluding hydrogens is 669 g/mol. The molecule has 2 fully saturated rings. The lowest BCUT2D eigenvalue weighted by atomic mass is 10.1. The fourth-order valence-electron chi connectivity index (χ4n) is 7.47. The lowest BCUT2D eigenvalue weighted by Crippen LogP contribution is -2.47. The fraction of sp³-hybridized carbons (Fsp3) is 0.333. The highest BCUT2D eigenvalue weighted by molar-refractivity contribution is 6.52. The fourth-order valence-corrected chi connectivity index (χ4v) is 7.47. The van der Waals surface area contributed by atoms with Gasteiger partial charge in [-0.05, 0) is 68.6 Å². The number of hydrogen-bond acceptors (Lipinski definition) is 9. The molecule has 52 heavy (non-hydrogen) atoms. The molecule has 13 heteroatoms. The van der Waals surface area contributed by atoms with Crippen LogP contribution in [0.2, 0.25) is 0 Å². The van der Waals surface area contributed by atoms with E-state index in [4.69, 9.17) is 4.74 Å². The summed E-state index contributed by atoms with van der Waals surface area (Å²) in [6.45, 7) is 3.72. The lowest BCUT2D eigenvalue weighted by molar-refractivity contribution is -0.114. The van der Waals surface area contributed by atoms with Crippen LogP contribution in [0.5, 0.6) is 0 Å². The van der Waals surface area contributed by atoms with Crippen LogP contribution < -0.4 is 20.1 Å². The minimum atomic E-state index is -0.823. The molecule has 0 radical (unpaired) electrons. The van der Waals surface area contributed by atoms with E-state index >= 15 is 4.39 Å². The largest absolute Gasteiger partial charge is 0.462 e. The average molecular weight is 706 g/mol. The number of amides is 2. The van der Waals surface area contributed by atoms with Crippen LogP contribution in [0, 0.1) is 5.82 Å². The number of fused-ring (bicyclic) bond motifs is 3. The number of ether oxygens (including phenoxy) is 1. The number of halogens is 1. The zero-order valence-electron chi connectivity index (χ0n) is 28.4. The SMILES string of the molecule is O=C1C(=O)N(CCCOC(=O)c2cn(C3CC3)c3cc(N4CCN(CCCN5C(=O)C(=O)c6ccccc65)CC4)c(F)cc3c2=O)c2ccccc21. The summed E-state index contributed by atoms with van der Waals surface area (Å²) in [5.41, 5.74) is 2.12. The molecule has 1 saturated carbocycles. The molecular formula is C39H36FN5O7. The van der Waals surface area contributed by atoms with Crippen LogP contribution in [0.1, 0.15) is 62.8 Å². The highest BCUT2D eigenvalue weighted by Gasteiger charge is 2.36. The van der Waals surface area contributed by atoms with Gasteiger partial charge >= 0.3 is 5.97 Å². The molecule has 0 bridgehead atoms. The number of anilines is 3. The summed E-state index contributed by atoms with van der Waals surface area (Å²) in [7, 11) is 0. The molecule has 0 unspecified atom stereocenters. The number of rotatable bonds is 11. The topological polar surface area (TPSA) is 130 Å². The second-order valence-electron chi connectivity index (χ2n) is 13.6. The van der Waals surface area contributed by atoms with Gasteiger partial charge in [0.05, 0.1) is 40.3 Å². The van der Waals surface area contributed by atoms with Crippen molar-refractivity contribution in [3.63, 3.8) is 0 Å². The van der Waals surface area contributed by atoms with Gasteiger partial charge in [0, 0.05) is 56.9 Å². The molecule has 1 aromatic heterocycles. The molecule has 1 saturated heterocycles. The van der Waals surface area contributed by atoms with E-state index in [1.54, 1.807) is 53.4 Å². The Balaban J connectivity index is 0.903. The first kappa shape index (κ1) is 33.5. The van der Waals surface area contributed by atoms with Crippen molar-refractivity contribution in [2.24, 2.45) is 0 Å². The third kappa shape index (κ3) is 5.94. The zero-order valence-corrected chi connectivity index (χ0v) is 28.4. The monoisotopic (exact) mass is 705 g/mol. The van der Waals surface area contributed by atoms with Gasteiger partial charge in [-0.1, -0.05) is 24.3 Å². The molecule has 1 aliphatic carbocycles. The van der Waals surface area contributed by atoms with Crippen molar-refractivity contribution < 1.29 is 33.1 Å². The number of esters is 1. The van der Waals surface area contributed by atoms with Gasteiger partial charge in [-0.25, -0.2) is 9.18 Å². The second-order valence-corrected chi connectivity index (χ2v) is 13.6. The summed E-state index contributed by atoms with van der Waals surface area (Å²) in [5.74, 6) is -3.54. The molecule has 0 atom stereocenters. The van der Waals surface area contributed by atoms with Gasteiger partial charge in [0.25, 0.3) is 23.4 Å². The van der Waals surface area contributed by atoms with Crippen LogP contribution in [0.15, 0.2) is 71.7 Å². The summed E-state index contributed by atoms with van der Waals surface area (Å²) >= 11 is 0. The molecule has 2 amide bonds. The van der Waals surface area contributed by atoms with E-state index in [2.05, 4.69) is 4.90 Å². The Bertz CT molecular complexity index is 2220. The van der Waals surface area contributed by atoms with Gasteiger partial charge in [-0.2, -0.15) is 0 Å². The summed E-state index contributed by atoms with van der Waals surface area (Å²) in [6.07, 6.45) is 4.18. The Morgan fingerprint density at radius 2 is 1.33 bits per heavy atom. The second kappa shape index (κ2) is 13.5. The first-order valence-corrected chi connectivity index (χ1v) is 17.6. The van der Waals surface area contributed by atoms with Gasteiger partial charge in [0.15, 0.2) is 0 Å². The third-order valence-corrected chi connectivity index (χ3v) is 10.3. The number of benzene rings is 3. The highest BCUT2D eigenvalue weighted by atomic mass is 19.1. The van der Waals surface area contributed by atoms with E-state index in [1.807, 2.05) is 15.5 Å². The molecule has 3 aromatic carbocycles. The van der Waals surface area contributed by atoms with E-state index in [1.165, 1.54) is 17.2 Å². The van der Waals surface area contributed by atoms with Crippen LogP contribution in [-0.4, -0.2) is 91.2 Å². The van der Waals surface area contributed by atoms with Gasteiger partial charge in [0.1, 0.15) is 11.4 Å². The van der Waals surface area contributed by atoms with Crippen molar-refractivity contribution in [1.29, 1.82) is 0 Å². The lowest BCUT2D eigenvalue weighted by Gasteiger charge is -2.36. The first-order chi connectivity index (χ1) is 25.2. The first-order valence-electron chi connectivity index (χ1n) is 17.6. The number of pyridine rings is 1. The normalized spacial score (nSPS) is 17.4. The molecule has 3 aliphatic heterocycles. The summed E-state index contributed by atoms with van der Waals surface area (Å²) in [5, 5.41) is 0.107. The minimum absolute atomic E-state index is 0.0772. The van der Waals surface area contributed by atoms with Crippen molar-refractivity contribution in [3.05, 3.63) is 99.6 Å². The Morgan fingerprint density at radius 1 is 0.731 bits per heavy atom. The number of ketones is 2. The number of hydrogen-bond donors (Lipinski definition) is 0. The highest BCUT2D eigenvalue weighted by Crippen LogP contribution is 2.38. The maximum Gasteiger partial charge on any atom is 0.343 e. The van der Waals surface area contributed by atoms with E-state index in [0.717, 1.165) is 19.4 Å². The zero-order chi connectivity index (χ0) is 36.1. The van der Waals surface area contributed by atoms with Gasteiger partial charge in [-0.15, -0.1) is 0 Å². The Kier molecular flexibility index (Phi) is 8.66. The van der Waals surface area contributed by atoms with E-state index in [-0.39, 0.29) is 36.6 Å². The third-order valence-electron chi connectivity index (χ3n) is 10.3. The standard InChI is InChI=1S/C39H36FN5O7/c40-29-21-27-32(22-33(29)42-18-16-41(17-19-42)13-5-14-43-30-9-3-1-7-25(30)35(47)37(43)49)45(24-11-12-24)23-28(34(27)46)39(51)52-20-6-15-44-31-10-4-2-8-26(31)36(48)38(44)50/h1-4,7-10,21-24H,5-6,11-20H2. The number of carbonyl (C=O) groups excluding carboxylic acids is 5. The predicted octanol–water partition coefficient (Wildman–Crippen LogP) is 3.99. The molecule has 12 nitrogen and oxygen atoms in total. The van der Waals surface area contributed by atoms with Crippen LogP contribution in [0.25, 0.3) is 10.9 Å². The Labute approximate surface area is 297 Å². The Morgan fingerprint density at radius 3 is 1.94 bits per heavy atom. The molecule has 0 spiro atoms. The van der Waals surface area contributed by atoms with Crippen molar-refractivity contribution in [1.82, 2.24) is 9.47 Å². The van der Waals surface area contributed by atoms with Gasteiger partial charge in [-0.3, -0.25) is 28.9 Å². The summed E-state index contributed by atoms with van der Waals surface area (Å²) in [4.78, 5) is 83.4. The van der Waals surface area contributed by atoms with Crippen molar-refractivity contribution in [3.8, 4) is 0 Å². The van der Waals surface area contributed by atoms with Crippen molar-refractivity contribution in [2.45, 2.75) is 31.7 Å². The molecule has 8 rings (SSSR count). The molecule has 4 aromatic rings. The number of aromatic nitrogens is 1. The van der Waals surface area contributed by atoms with Crippen LogP contribution >= 0.6 is 0 Å². The maximum absolute atomic E-state index is 15.7. The average Bonchev–Trinajstić information content (AvgIpc) is 3.94. The maximum atomic E-state index is 15.7. The quantitative estimate of drug-likeness (QED) is 0.129. The number of piperazine rings is 1. The smallest absolute Gasteiger partial charge is 0.343 e. The van der Waals surface area contributed by atoms with E-state index < -0.39 is 40.6 Å². The van der Waals surface area contributed by atoms with E-state index in [9.17, 15) is 28.8 Å². The van der Waals surface area contributed by atoms with Crippen LogP contribution in [0.3, 0.4) is 0 Å². The minimum Gasteiger partial charge on any atom is -0.462 e. The Hall–Kier alpha value is -5.69. The van der Waals surface area contributed by atoms with Gasteiger partial charge < -0.3 is 24.0 Å².